The number of amides is 4. The zero-order chi connectivity index (χ0) is 15.4. The van der Waals surface area contributed by atoms with E-state index >= 15 is 0 Å². The highest BCUT2D eigenvalue weighted by atomic mass is 16.2. The Morgan fingerprint density at radius 2 is 1.95 bits per heavy atom. The molecule has 0 unspecified atom stereocenters. The van der Waals surface area contributed by atoms with E-state index in [1.165, 1.54) is 4.68 Å². The summed E-state index contributed by atoms with van der Waals surface area (Å²) in [4.78, 5) is 34.4. The van der Waals surface area contributed by atoms with Crippen LogP contribution in [-0.4, -0.2) is 33.7 Å². The number of aryl methyl sites for hydroxylation is 1. The van der Waals surface area contributed by atoms with Crippen molar-refractivity contribution < 1.29 is 14.4 Å². The Bertz CT molecular complexity index is 546. The molecule has 1 aliphatic rings. The van der Waals surface area contributed by atoms with Gasteiger partial charge in [0, 0.05) is 25.2 Å². The van der Waals surface area contributed by atoms with Gasteiger partial charge in [-0.05, 0) is 31.7 Å². The van der Waals surface area contributed by atoms with Crippen molar-refractivity contribution in [3.63, 3.8) is 0 Å². The molecule has 1 aliphatic carbocycles. The van der Waals surface area contributed by atoms with Crippen LogP contribution < -0.4 is 16.4 Å². The zero-order valence-corrected chi connectivity index (χ0v) is 11.8. The summed E-state index contributed by atoms with van der Waals surface area (Å²) in [6, 6.07) is 0.859. The van der Waals surface area contributed by atoms with Gasteiger partial charge in [0.15, 0.2) is 0 Å². The van der Waals surface area contributed by atoms with Gasteiger partial charge in [0.05, 0.1) is 0 Å². The first-order chi connectivity index (χ1) is 9.97. The molecule has 0 radical (unpaired) electrons. The summed E-state index contributed by atoms with van der Waals surface area (Å²) in [5, 5.41) is 8.99. The van der Waals surface area contributed by atoms with Crippen molar-refractivity contribution in [2.24, 2.45) is 18.7 Å². The minimum atomic E-state index is -0.827. The molecule has 0 bridgehead atoms. The van der Waals surface area contributed by atoms with E-state index < -0.39 is 6.03 Å². The first-order valence-electron chi connectivity index (χ1n) is 6.86. The Hall–Kier alpha value is -2.38. The van der Waals surface area contributed by atoms with Gasteiger partial charge in [-0.1, -0.05) is 0 Å². The molecule has 0 atom stereocenters. The molecule has 2 rings (SSSR count). The van der Waals surface area contributed by atoms with Crippen molar-refractivity contribution in [1.29, 1.82) is 0 Å². The number of urea groups is 1. The van der Waals surface area contributed by atoms with Crippen LogP contribution in [0.1, 0.15) is 36.2 Å². The normalized spacial score (nSPS) is 21.6. The lowest BCUT2D eigenvalue weighted by Crippen LogP contribution is -2.43. The second kappa shape index (κ2) is 6.38. The van der Waals surface area contributed by atoms with Gasteiger partial charge in [-0.15, -0.1) is 0 Å². The highest BCUT2D eigenvalue weighted by molar-refractivity contribution is 5.95. The lowest BCUT2D eigenvalue weighted by molar-refractivity contribution is -0.124. The van der Waals surface area contributed by atoms with E-state index in [4.69, 9.17) is 5.73 Å². The predicted octanol–water partition coefficient (Wildman–Crippen LogP) is -0.0964. The van der Waals surface area contributed by atoms with E-state index in [-0.39, 0.29) is 23.8 Å². The molecule has 8 nitrogen and oxygen atoms in total. The number of imide groups is 1. The van der Waals surface area contributed by atoms with Gasteiger partial charge in [0.25, 0.3) is 5.91 Å². The maximum Gasteiger partial charge on any atom is 0.318 e. The summed E-state index contributed by atoms with van der Waals surface area (Å²) in [7, 11) is 1.71. The third-order valence-corrected chi connectivity index (χ3v) is 3.73. The minimum Gasteiger partial charge on any atom is -0.351 e. The fourth-order valence-electron chi connectivity index (χ4n) is 2.58. The fraction of sp³-hybridized carbons (Fsp3) is 0.538. The van der Waals surface area contributed by atoms with Gasteiger partial charge in [-0.25, -0.2) is 4.79 Å². The van der Waals surface area contributed by atoms with E-state index in [1.807, 2.05) is 0 Å². The van der Waals surface area contributed by atoms with Crippen LogP contribution in [0.15, 0.2) is 12.3 Å². The number of aromatic nitrogens is 2. The molecule has 4 amide bonds. The summed E-state index contributed by atoms with van der Waals surface area (Å²) in [6.45, 7) is 0. The Kier molecular flexibility index (Phi) is 4.56. The number of nitrogens with zero attached hydrogens (tertiary/aromatic N) is 2. The van der Waals surface area contributed by atoms with Gasteiger partial charge in [-0.2, -0.15) is 5.10 Å². The van der Waals surface area contributed by atoms with Crippen molar-refractivity contribution in [1.82, 2.24) is 20.4 Å². The maximum absolute atomic E-state index is 12.0. The van der Waals surface area contributed by atoms with Crippen molar-refractivity contribution >= 4 is 17.8 Å². The van der Waals surface area contributed by atoms with Crippen LogP contribution in [0, 0.1) is 5.92 Å². The van der Waals surface area contributed by atoms with Crippen LogP contribution >= 0.6 is 0 Å². The highest BCUT2D eigenvalue weighted by Crippen LogP contribution is 2.24. The molecule has 0 aromatic carbocycles. The first kappa shape index (κ1) is 15.0. The highest BCUT2D eigenvalue weighted by Gasteiger charge is 2.28. The zero-order valence-electron chi connectivity index (χ0n) is 11.8. The number of carbonyl (C=O) groups is 3. The van der Waals surface area contributed by atoms with Crippen LogP contribution in [0.2, 0.25) is 0 Å². The van der Waals surface area contributed by atoms with Gasteiger partial charge in [-0.3, -0.25) is 19.6 Å². The second-order valence-corrected chi connectivity index (χ2v) is 5.22. The van der Waals surface area contributed by atoms with Gasteiger partial charge in [0.2, 0.25) is 5.91 Å². The van der Waals surface area contributed by atoms with Gasteiger partial charge < -0.3 is 11.1 Å². The Labute approximate surface area is 122 Å². The average Bonchev–Trinajstić information content (AvgIpc) is 2.85. The van der Waals surface area contributed by atoms with Crippen molar-refractivity contribution in [2.75, 3.05) is 0 Å². The number of primary amides is 1. The molecule has 1 heterocycles. The first-order valence-corrected chi connectivity index (χ1v) is 6.86. The van der Waals surface area contributed by atoms with E-state index in [9.17, 15) is 14.4 Å². The molecule has 1 fully saturated rings. The summed E-state index contributed by atoms with van der Waals surface area (Å²) >= 11 is 0. The largest absolute Gasteiger partial charge is 0.351 e. The molecule has 0 spiro atoms. The van der Waals surface area contributed by atoms with Crippen molar-refractivity contribution in [2.45, 2.75) is 31.7 Å². The van der Waals surface area contributed by atoms with Crippen LogP contribution in [-0.2, 0) is 11.8 Å². The molecule has 4 N–H and O–H groups in total. The number of rotatable bonds is 3. The predicted molar refractivity (Wildman–Crippen MR) is 74.1 cm³/mol. The second-order valence-electron chi connectivity index (χ2n) is 5.22. The SMILES string of the molecule is Cn1nccc1C(=O)NC1CCC(C(=O)NC(N)=O)CC1. The molecule has 8 heteroatoms. The monoisotopic (exact) mass is 293 g/mol. The molecular formula is C13H19N5O3. The van der Waals surface area contributed by atoms with Crippen LogP contribution in [0.3, 0.4) is 0 Å². The van der Waals surface area contributed by atoms with Crippen LogP contribution in [0.25, 0.3) is 0 Å². The molecule has 0 saturated heterocycles. The van der Waals surface area contributed by atoms with Gasteiger partial charge >= 0.3 is 6.03 Å². The average molecular weight is 293 g/mol. The number of carbonyl (C=O) groups excluding carboxylic acids is 3. The number of hydrogen-bond donors (Lipinski definition) is 3. The summed E-state index contributed by atoms with van der Waals surface area (Å²) < 4.78 is 1.52. The molecular weight excluding hydrogens is 274 g/mol. The number of nitrogens with one attached hydrogen (secondary N) is 2. The lowest BCUT2D eigenvalue weighted by Gasteiger charge is -2.28. The van der Waals surface area contributed by atoms with E-state index in [1.54, 1.807) is 19.3 Å². The molecule has 21 heavy (non-hydrogen) atoms. The number of hydrogen-bond acceptors (Lipinski definition) is 4. The summed E-state index contributed by atoms with van der Waals surface area (Å²) in [6.07, 6.45) is 4.20. The Morgan fingerprint density at radius 3 is 2.48 bits per heavy atom. The molecule has 0 aliphatic heterocycles. The Morgan fingerprint density at radius 1 is 1.29 bits per heavy atom. The van der Waals surface area contributed by atoms with E-state index in [2.05, 4.69) is 15.7 Å². The van der Waals surface area contributed by atoms with E-state index in [0.717, 1.165) is 0 Å². The minimum absolute atomic E-state index is 0.0324. The fourth-order valence-corrected chi connectivity index (χ4v) is 2.58. The quantitative estimate of drug-likeness (QED) is 0.721. The summed E-state index contributed by atoms with van der Waals surface area (Å²) in [5.74, 6) is -0.721. The third kappa shape index (κ3) is 3.80. The van der Waals surface area contributed by atoms with Gasteiger partial charge in [0.1, 0.15) is 5.69 Å². The molecule has 1 aromatic heterocycles. The number of nitrogens with two attached hydrogens (primary N) is 1. The molecule has 114 valence electrons. The smallest absolute Gasteiger partial charge is 0.318 e. The topological polar surface area (TPSA) is 119 Å². The van der Waals surface area contributed by atoms with Crippen LogP contribution in [0.4, 0.5) is 4.79 Å². The van der Waals surface area contributed by atoms with Crippen LogP contribution in [0.5, 0.6) is 0 Å². The van der Waals surface area contributed by atoms with Crippen molar-refractivity contribution in [3.05, 3.63) is 18.0 Å². The Balaban J connectivity index is 1.82. The molecule has 1 saturated carbocycles. The summed E-state index contributed by atoms with van der Waals surface area (Å²) in [5.41, 5.74) is 5.43. The van der Waals surface area contributed by atoms with E-state index in [0.29, 0.717) is 31.4 Å². The van der Waals surface area contributed by atoms with Crippen molar-refractivity contribution in [3.8, 4) is 0 Å². The lowest BCUT2D eigenvalue weighted by atomic mass is 9.85. The third-order valence-electron chi connectivity index (χ3n) is 3.73. The maximum atomic E-state index is 12.0. The molecule has 1 aromatic rings. The standard InChI is InChI=1S/C13H19N5O3/c1-18-10(6-7-15-18)12(20)16-9-4-2-8(3-5-9)11(19)17-13(14)21/h6-9H,2-5H2,1H3,(H,16,20)(H3,14,17,19,21).